The fourth-order valence-corrected chi connectivity index (χ4v) is 2.15. The van der Waals surface area contributed by atoms with Crippen molar-refractivity contribution in [3.05, 3.63) is 23.7 Å². The second kappa shape index (κ2) is 4.45. The minimum absolute atomic E-state index is 0.0641. The zero-order chi connectivity index (χ0) is 13.3. The lowest BCUT2D eigenvalue weighted by atomic mass is 9.92. The molecule has 0 bridgehead atoms. The third kappa shape index (κ3) is 2.24. The average molecular weight is 252 g/mol. The first-order valence-electron chi connectivity index (χ1n) is 5.79. The molecule has 1 aromatic heterocycles. The zero-order valence-electron chi connectivity index (χ0n) is 10.2. The summed E-state index contributed by atoms with van der Waals surface area (Å²) in [5.74, 6) is -0.407. The van der Waals surface area contributed by atoms with Crippen LogP contribution in [0.25, 0.3) is 0 Å². The van der Waals surface area contributed by atoms with Crippen LogP contribution in [0.2, 0.25) is 0 Å². The van der Waals surface area contributed by atoms with Crippen LogP contribution in [0.15, 0.2) is 16.7 Å². The molecule has 1 aliphatic rings. The largest absolute Gasteiger partial charge is 0.469 e. The average Bonchev–Trinajstić information content (AvgIpc) is 2.75. The van der Waals surface area contributed by atoms with Crippen molar-refractivity contribution in [2.45, 2.75) is 25.4 Å². The highest BCUT2D eigenvalue weighted by Gasteiger charge is 2.40. The number of piperidine rings is 1. The summed E-state index contributed by atoms with van der Waals surface area (Å²) < 4.78 is 5.07. The van der Waals surface area contributed by atoms with Gasteiger partial charge in [0.15, 0.2) is 5.60 Å². The maximum atomic E-state index is 12.1. The first-order valence-corrected chi connectivity index (χ1v) is 5.79. The molecule has 2 amide bonds. The Bertz CT molecular complexity index is 482. The van der Waals surface area contributed by atoms with E-state index in [0.717, 1.165) is 0 Å². The lowest BCUT2D eigenvalue weighted by Gasteiger charge is -2.36. The first kappa shape index (κ1) is 12.6. The van der Waals surface area contributed by atoms with Crippen molar-refractivity contribution in [2.24, 2.45) is 5.73 Å². The number of carbonyl (C=O) groups is 2. The minimum Gasteiger partial charge on any atom is -0.469 e. The molecule has 1 fully saturated rings. The summed E-state index contributed by atoms with van der Waals surface area (Å²) in [5.41, 5.74) is 3.96. The normalized spacial score (nSPS) is 24.0. The van der Waals surface area contributed by atoms with E-state index in [2.05, 4.69) is 0 Å². The molecule has 6 heteroatoms. The van der Waals surface area contributed by atoms with E-state index in [9.17, 15) is 14.7 Å². The van der Waals surface area contributed by atoms with Gasteiger partial charge in [-0.15, -0.1) is 0 Å². The number of rotatable bonds is 2. The number of carbonyl (C=O) groups excluding carboxylic acids is 2. The van der Waals surface area contributed by atoms with Gasteiger partial charge in [-0.3, -0.25) is 9.59 Å². The number of likely N-dealkylation sites (tertiary alicyclic amines) is 1. The van der Waals surface area contributed by atoms with Crippen LogP contribution in [0.1, 0.15) is 29.0 Å². The third-order valence-corrected chi connectivity index (χ3v) is 3.19. The molecule has 0 aliphatic carbocycles. The van der Waals surface area contributed by atoms with E-state index in [0.29, 0.717) is 24.3 Å². The number of nitrogens with two attached hydrogens (primary N) is 1. The molecule has 1 unspecified atom stereocenters. The number of furan rings is 1. The monoisotopic (exact) mass is 252 g/mol. The summed E-state index contributed by atoms with van der Waals surface area (Å²) in [4.78, 5) is 24.8. The molecular formula is C12H16N2O4. The Morgan fingerprint density at radius 2 is 2.28 bits per heavy atom. The van der Waals surface area contributed by atoms with Crippen molar-refractivity contribution in [3.63, 3.8) is 0 Å². The van der Waals surface area contributed by atoms with Crippen LogP contribution < -0.4 is 5.73 Å². The maximum Gasteiger partial charge on any atom is 0.257 e. The van der Waals surface area contributed by atoms with Crippen LogP contribution >= 0.6 is 0 Å². The highest BCUT2D eigenvalue weighted by Crippen LogP contribution is 2.22. The standard InChI is InChI=1S/C12H16N2O4/c1-8-5-9(6-18-8)10(15)14-4-2-3-12(17,7-14)11(13)16/h5-6,17H,2-4,7H2,1H3,(H2,13,16). The summed E-state index contributed by atoms with van der Waals surface area (Å²) in [6, 6.07) is 1.63. The van der Waals surface area contributed by atoms with Gasteiger partial charge in [-0.2, -0.15) is 0 Å². The van der Waals surface area contributed by atoms with Crippen molar-refractivity contribution in [1.82, 2.24) is 4.90 Å². The van der Waals surface area contributed by atoms with Crippen molar-refractivity contribution < 1.29 is 19.1 Å². The van der Waals surface area contributed by atoms with Gasteiger partial charge in [0.05, 0.1) is 12.1 Å². The first-order chi connectivity index (χ1) is 8.42. The summed E-state index contributed by atoms with van der Waals surface area (Å²) in [6.07, 6.45) is 2.20. The lowest BCUT2D eigenvalue weighted by molar-refractivity contribution is -0.140. The van der Waals surface area contributed by atoms with Crippen molar-refractivity contribution in [2.75, 3.05) is 13.1 Å². The molecule has 98 valence electrons. The number of hydrogen-bond acceptors (Lipinski definition) is 4. The van der Waals surface area contributed by atoms with Gasteiger partial charge in [-0.05, 0) is 25.8 Å². The Kier molecular flexibility index (Phi) is 3.13. The van der Waals surface area contributed by atoms with Gasteiger partial charge >= 0.3 is 0 Å². The summed E-state index contributed by atoms with van der Waals surface area (Å²) in [6.45, 7) is 2.18. The number of primary amides is 1. The highest BCUT2D eigenvalue weighted by atomic mass is 16.3. The molecule has 1 atom stereocenters. The number of amides is 2. The van der Waals surface area contributed by atoms with Crippen LogP contribution in [-0.2, 0) is 4.79 Å². The van der Waals surface area contributed by atoms with Gasteiger partial charge in [0, 0.05) is 6.54 Å². The van der Waals surface area contributed by atoms with Gasteiger partial charge in [0.1, 0.15) is 12.0 Å². The minimum atomic E-state index is -1.62. The Labute approximate surface area is 104 Å². The molecule has 0 saturated carbocycles. The van der Waals surface area contributed by atoms with E-state index < -0.39 is 11.5 Å². The van der Waals surface area contributed by atoms with Gasteiger partial charge < -0.3 is 20.2 Å². The van der Waals surface area contributed by atoms with E-state index >= 15 is 0 Å². The van der Waals surface area contributed by atoms with Crippen LogP contribution in [0, 0.1) is 6.92 Å². The van der Waals surface area contributed by atoms with Crippen LogP contribution in [-0.4, -0.2) is 40.5 Å². The van der Waals surface area contributed by atoms with Gasteiger partial charge in [0.25, 0.3) is 11.8 Å². The Balaban J connectivity index is 2.14. The number of hydrogen-bond donors (Lipinski definition) is 2. The number of aliphatic hydroxyl groups is 1. The predicted molar refractivity (Wildman–Crippen MR) is 62.7 cm³/mol. The Morgan fingerprint density at radius 3 is 2.83 bits per heavy atom. The molecule has 0 spiro atoms. The highest BCUT2D eigenvalue weighted by molar-refractivity contribution is 5.95. The van der Waals surface area contributed by atoms with Crippen LogP contribution in [0.5, 0.6) is 0 Å². The summed E-state index contributed by atoms with van der Waals surface area (Å²) in [7, 11) is 0. The van der Waals surface area contributed by atoms with Crippen molar-refractivity contribution in [3.8, 4) is 0 Å². The molecule has 3 N–H and O–H groups in total. The molecule has 1 aliphatic heterocycles. The van der Waals surface area contributed by atoms with E-state index in [1.165, 1.54) is 11.2 Å². The molecule has 1 saturated heterocycles. The second-order valence-electron chi connectivity index (χ2n) is 4.67. The van der Waals surface area contributed by atoms with Gasteiger partial charge in [0.2, 0.25) is 0 Å². The molecule has 0 aromatic carbocycles. The molecule has 6 nitrogen and oxygen atoms in total. The van der Waals surface area contributed by atoms with Crippen molar-refractivity contribution >= 4 is 11.8 Å². The van der Waals surface area contributed by atoms with E-state index in [1.807, 2.05) is 0 Å². The number of aryl methyl sites for hydroxylation is 1. The maximum absolute atomic E-state index is 12.1. The number of nitrogens with zero attached hydrogens (tertiary/aromatic N) is 1. The van der Waals surface area contributed by atoms with Gasteiger partial charge in [-0.1, -0.05) is 0 Å². The van der Waals surface area contributed by atoms with Crippen LogP contribution in [0.4, 0.5) is 0 Å². The van der Waals surface area contributed by atoms with E-state index in [-0.39, 0.29) is 18.9 Å². The van der Waals surface area contributed by atoms with E-state index in [1.54, 1.807) is 13.0 Å². The van der Waals surface area contributed by atoms with Gasteiger partial charge in [-0.25, -0.2) is 0 Å². The fraction of sp³-hybridized carbons (Fsp3) is 0.500. The molecule has 2 heterocycles. The quantitative estimate of drug-likeness (QED) is 0.776. The van der Waals surface area contributed by atoms with Crippen molar-refractivity contribution in [1.29, 1.82) is 0 Å². The topological polar surface area (TPSA) is 96.8 Å². The molecule has 18 heavy (non-hydrogen) atoms. The SMILES string of the molecule is Cc1cc(C(=O)N2CCCC(O)(C(N)=O)C2)co1. The Hall–Kier alpha value is -1.82. The smallest absolute Gasteiger partial charge is 0.257 e. The molecule has 2 rings (SSSR count). The lowest BCUT2D eigenvalue weighted by Crippen LogP contribution is -2.57. The third-order valence-electron chi connectivity index (χ3n) is 3.19. The second-order valence-corrected chi connectivity index (χ2v) is 4.67. The number of β-amino-alcohol motifs (C(OH)–C–C–N with tert-alkyl or cyclic N) is 1. The molecule has 1 aromatic rings. The fourth-order valence-electron chi connectivity index (χ4n) is 2.15. The molecule has 0 radical (unpaired) electrons. The zero-order valence-corrected chi connectivity index (χ0v) is 10.2. The molecular weight excluding hydrogens is 236 g/mol. The summed E-state index contributed by atoms with van der Waals surface area (Å²) in [5, 5.41) is 10.0. The van der Waals surface area contributed by atoms with E-state index in [4.69, 9.17) is 10.2 Å². The van der Waals surface area contributed by atoms with Crippen LogP contribution in [0.3, 0.4) is 0 Å². The predicted octanol–water partition coefficient (Wildman–Crippen LogP) is 0.0404. The summed E-state index contributed by atoms with van der Waals surface area (Å²) >= 11 is 0. The Morgan fingerprint density at radius 1 is 1.56 bits per heavy atom.